The molecule has 0 radical (unpaired) electrons. The summed E-state index contributed by atoms with van der Waals surface area (Å²) in [5.74, 6) is 0.456. The topological polar surface area (TPSA) is 50.7 Å². The van der Waals surface area contributed by atoms with Gasteiger partial charge in [0.2, 0.25) is 0 Å². The maximum Gasteiger partial charge on any atom is 0.271 e. The van der Waals surface area contributed by atoms with Gasteiger partial charge in [0.05, 0.1) is 17.3 Å². The molecule has 1 aliphatic rings. The van der Waals surface area contributed by atoms with Crippen molar-refractivity contribution >= 4 is 27.5 Å². The number of nitrogens with zero attached hydrogens (tertiary/aromatic N) is 1. The lowest BCUT2D eigenvalue weighted by molar-refractivity contribution is 0.0954. The molecule has 4 nitrogen and oxygen atoms in total. The molecule has 1 N–H and O–H groups in total. The van der Waals surface area contributed by atoms with E-state index in [0.29, 0.717) is 11.3 Å². The van der Waals surface area contributed by atoms with Crippen LogP contribution in [-0.4, -0.2) is 18.7 Å². The predicted molar refractivity (Wildman–Crippen MR) is 94.1 cm³/mol. The second-order valence-corrected chi connectivity index (χ2v) is 6.21. The highest BCUT2D eigenvalue weighted by atomic mass is 79.9. The molecule has 0 unspecified atom stereocenters. The van der Waals surface area contributed by atoms with E-state index in [9.17, 15) is 4.79 Å². The number of hydrogen-bond donors (Lipinski definition) is 1. The van der Waals surface area contributed by atoms with Crippen molar-refractivity contribution in [1.29, 1.82) is 0 Å². The fraction of sp³-hybridized carbons (Fsp3) is 0.222. The third kappa shape index (κ3) is 3.45. The molecule has 2 aromatic carbocycles. The fourth-order valence-electron chi connectivity index (χ4n) is 2.71. The Morgan fingerprint density at radius 1 is 1.22 bits per heavy atom. The largest absolute Gasteiger partial charge is 0.496 e. The van der Waals surface area contributed by atoms with Crippen LogP contribution in [0.1, 0.15) is 34.3 Å². The molecule has 23 heavy (non-hydrogen) atoms. The number of ether oxygens (including phenoxy) is 1. The Hall–Kier alpha value is -2.14. The van der Waals surface area contributed by atoms with Crippen LogP contribution in [0.25, 0.3) is 0 Å². The monoisotopic (exact) mass is 372 g/mol. The Morgan fingerprint density at radius 2 is 2.04 bits per heavy atom. The minimum Gasteiger partial charge on any atom is -0.496 e. The summed E-state index contributed by atoms with van der Waals surface area (Å²) < 4.78 is 5.91. The molecule has 118 valence electrons. The number of rotatable bonds is 3. The maximum absolute atomic E-state index is 12.3. The Bertz CT molecular complexity index is 771. The van der Waals surface area contributed by atoms with E-state index in [1.165, 1.54) is 5.56 Å². The van der Waals surface area contributed by atoms with Gasteiger partial charge in [0.25, 0.3) is 5.91 Å². The molecule has 0 atom stereocenters. The first-order valence-corrected chi connectivity index (χ1v) is 8.27. The van der Waals surface area contributed by atoms with Crippen LogP contribution < -0.4 is 10.2 Å². The van der Waals surface area contributed by atoms with Crippen LogP contribution in [-0.2, 0) is 6.42 Å². The van der Waals surface area contributed by atoms with E-state index in [2.05, 4.69) is 38.6 Å². The van der Waals surface area contributed by atoms with Crippen molar-refractivity contribution < 1.29 is 9.53 Å². The minimum atomic E-state index is -0.232. The first-order chi connectivity index (χ1) is 11.2. The zero-order valence-corrected chi connectivity index (χ0v) is 14.4. The SMILES string of the molecule is COc1ccc(C(=O)NN=C2CCCc3ccccc32)cc1Br. The highest BCUT2D eigenvalue weighted by Gasteiger charge is 2.15. The number of nitrogens with one attached hydrogen (secondary N) is 1. The molecule has 2 aromatic rings. The summed E-state index contributed by atoms with van der Waals surface area (Å²) in [6, 6.07) is 13.4. The number of halogens is 1. The van der Waals surface area contributed by atoms with Crippen LogP contribution in [0.3, 0.4) is 0 Å². The number of aryl methyl sites for hydroxylation is 1. The van der Waals surface area contributed by atoms with Crippen molar-refractivity contribution in [1.82, 2.24) is 5.43 Å². The number of carbonyl (C=O) groups is 1. The molecule has 0 saturated carbocycles. The number of carbonyl (C=O) groups excluding carboxylic acids is 1. The van der Waals surface area contributed by atoms with Gasteiger partial charge in [0.1, 0.15) is 5.75 Å². The van der Waals surface area contributed by atoms with Crippen LogP contribution in [0.4, 0.5) is 0 Å². The second kappa shape index (κ2) is 6.96. The lowest BCUT2D eigenvalue weighted by Gasteiger charge is -2.17. The molecule has 0 spiro atoms. The first kappa shape index (κ1) is 15.7. The van der Waals surface area contributed by atoms with Crippen LogP contribution in [0.2, 0.25) is 0 Å². The Balaban J connectivity index is 1.78. The summed E-state index contributed by atoms with van der Waals surface area (Å²) in [5.41, 5.74) is 6.56. The average Bonchev–Trinajstić information content (AvgIpc) is 2.59. The van der Waals surface area contributed by atoms with Crippen molar-refractivity contribution in [2.45, 2.75) is 19.3 Å². The number of hydrogen-bond acceptors (Lipinski definition) is 3. The quantitative estimate of drug-likeness (QED) is 0.829. The van der Waals surface area contributed by atoms with Crippen molar-refractivity contribution in [2.24, 2.45) is 5.10 Å². The number of hydrazone groups is 1. The van der Waals surface area contributed by atoms with Crippen LogP contribution in [0.15, 0.2) is 52.0 Å². The smallest absolute Gasteiger partial charge is 0.271 e. The van der Waals surface area contributed by atoms with Gasteiger partial charge >= 0.3 is 0 Å². The molecule has 0 bridgehead atoms. The number of methoxy groups -OCH3 is 1. The Kier molecular flexibility index (Phi) is 4.76. The van der Waals surface area contributed by atoms with Crippen molar-refractivity contribution in [3.63, 3.8) is 0 Å². The standard InChI is InChI=1S/C18H17BrN2O2/c1-23-17-10-9-13(11-15(17)19)18(22)21-20-16-8-4-6-12-5-2-3-7-14(12)16/h2-3,5,7,9-11H,4,6,8H2,1H3,(H,21,22). The summed E-state index contributed by atoms with van der Waals surface area (Å²) in [5, 5.41) is 4.34. The highest BCUT2D eigenvalue weighted by Crippen LogP contribution is 2.25. The van der Waals surface area contributed by atoms with E-state index in [4.69, 9.17) is 4.74 Å². The molecule has 0 aliphatic heterocycles. The van der Waals surface area contributed by atoms with Crippen molar-refractivity contribution in [2.75, 3.05) is 7.11 Å². The molecule has 0 fully saturated rings. The molecular formula is C18H17BrN2O2. The van der Waals surface area contributed by atoms with Crippen molar-refractivity contribution in [3.8, 4) is 5.75 Å². The van der Waals surface area contributed by atoms with Gasteiger partial charge in [-0.05, 0) is 59.0 Å². The molecule has 5 heteroatoms. The number of amides is 1. The van der Waals surface area contributed by atoms with Gasteiger partial charge in [-0.2, -0.15) is 5.10 Å². The van der Waals surface area contributed by atoms with Gasteiger partial charge in [-0.15, -0.1) is 0 Å². The molecule has 1 amide bonds. The molecule has 3 rings (SSSR count). The third-order valence-corrected chi connectivity index (χ3v) is 4.51. The molecule has 0 aromatic heterocycles. The Morgan fingerprint density at radius 3 is 2.83 bits per heavy atom. The van der Waals surface area contributed by atoms with Crippen LogP contribution in [0, 0.1) is 0 Å². The first-order valence-electron chi connectivity index (χ1n) is 7.48. The summed E-state index contributed by atoms with van der Waals surface area (Å²) >= 11 is 3.38. The second-order valence-electron chi connectivity index (χ2n) is 5.36. The molecular weight excluding hydrogens is 356 g/mol. The molecule has 0 saturated heterocycles. The summed E-state index contributed by atoms with van der Waals surface area (Å²) in [6.45, 7) is 0. The molecule has 0 heterocycles. The van der Waals surface area contributed by atoms with Gasteiger partial charge in [-0.3, -0.25) is 4.79 Å². The van der Waals surface area contributed by atoms with Gasteiger partial charge in [0, 0.05) is 11.1 Å². The number of fused-ring (bicyclic) bond motifs is 1. The zero-order valence-electron chi connectivity index (χ0n) is 12.8. The van der Waals surface area contributed by atoms with E-state index in [0.717, 1.165) is 35.0 Å². The normalized spacial score (nSPS) is 15.1. The minimum absolute atomic E-state index is 0.232. The van der Waals surface area contributed by atoms with E-state index >= 15 is 0 Å². The zero-order chi connectivity index (χ0) is 16.2. The highest BCUT2D eigenvalue weighted by molar-refractivity contribution is 9.10. The van der Waals surface area contributed by atoms with E-state index < -0.39 is 0 Å². The molecule has 1 aliphatic carbocycles. The fourth-order valence-corrected chi connectivity index (χ4v) is 3.25. The van der Waals surface area contributed by atoms with Gasteiger partial charge in [0.15, 0.2) is 0 Å². The predicted octanol–water partition coefficient (Wildman–Crippen LogP) is 3.93. The van der Waals surface area contributed by atoms with Crippen LogP contribution >= 0.6 is 15.9 Å². The lowest BCUT2D eigenvalue weighted by atomic mass is 9.90. The van der Waals surface area contributed by atoms with Gasteiger partial charge in [-0.1, -0.05) is 24.3 Å². The maximum atomic E-state index is 12.3. The lowest BCUT2D eigenvalue weighted by Crippen LogP contribution is -2.22. The number of benzene rings is 2. The van der Waals surface area contributed by atoms with Gasteiger partial charge < -0.3 is 4.74 Å². The average molecular weight is 373 g/mol. The summed E-state index contributed by atoms with van der Waals surface area (Å²) in [7, 11) is 1.59. The summed E-state index contributed by atoms with van der Waals surface area (Å²) in [6.07, 6.45) is 3.00. The van der Waals surface area contributed by atoms with E-state index in [1.807, 2.05) is 12.1 Å². The van der Waals surface area contributed by atoms with E-state index in [-0.39, 0.29) is 5.91 Å². The Labute approximate surface area is 143 Å². The van der Waals surface area contributed by atoms with E-state index in [1.54, 1.807) is 25.3 Å². The van der Waals surface area contributed by atoms with Crippen molar-refractivity contribution in [3.05, 3.63) is 63.6 Å². The third-order valence-electron chi connectivity index (χ3n) is 3.89. The van der Waals surface area contributed by atoms with Crippen LogP contribution in [0.5, 0.6) is 5.75 Å². The van der Waals surface area contributed by atoms with Gasteiger partial charge in [-0.25, -0.2) is 5.43 Å². The summed E-state index contributed by atoms with van der Waals surface area (Å²) in [4.78, 5) is 12.3.